The van der Waals surface area contributed by atoms with E-state index < -0.39 is 0 Å². The Morgan fingerprint density at radius 1 is 0.304 bits per heavy atom. The molecule has 16 rings (SSSR count). The van der Waals surface area contributed by atoms with Gasteiger partial charge in [-0.3, -0.25) is 4.98 Å². The van der Waals surface area contributed by atoms with Crippen molar-refractivity contribution in [2.24, 2.45) is 0 Å². The SMILES string of the molecule is CC(C)c1ccnc(-c2[c-]ccc3c2oc2ccccc23)c1.CC(C)c1ccnc(-c2cccc3c2oc2ccccc23)c1.CO.CO.Cc1cccc(-c2[c-]cccc2)n1.Cc1cccc(-c2[c-]cccc2)n1.Cc1cccc(-c2[c-]cccc2)n1.Cc1cccc(-c2[c-]cccc2)n1.[Ir+3].[Ir+3]. The maximum absolute atomic E-state index is 7.00. The first-order chi connectivity index (χ1) is 48.9. The van der Waals surface area contributed by atoms with Crippen LogP contribution in [0, 0.1) is 58.0 Å². The van der Waals surface area contributed by atoms with Crippen molar-refractivity contribution in [2.45, 2.75) is 67.2 Å². The van der Waals surface area contributed by atoms with Gasteiger partial charge >= 0.3 is 40.2 Å². The molecule has 0 aliphatic heterocycles. The molecule has 0 aliphatic rings. The summed E-state index contributed by atoms with van der Waals surface area (Å²) in [5.74, 6) is 0.952. The number of furan rings is 2. The second-order valence-corrected chi connectivity index (χ2v) is 23.5. The van der Waals surface area contributed by atoms with Gasteiger partial charge in [0.2, 0.25) is 0 Å². The van der Waals surface area contributed by atoms with Crippen LogP contribution in [0.4, 0.5) is 0 Å². The van der Waals surface area contributed by atoms with E-state index in [1.54, 1.807) is 0 Å². The fraction of sp³-hybridized carbons (Fsp3) is 0.133. The van der Waals surface area contributed by atoms with Crippen LogP contribution in [0.2, 0.25) is 0 Å². The molecule has 0 unspecified atom stereocenters. The van der Waals surface area contributed by atoms with Crippen LogP contribution in [0.1, 0.15) is 73.4 Å². The molecule has 0 fully saturated rings. The molecule has 10 nitrogen and oxygen atoms in total. The third-order valence-electron chi connectivity index (χ3n) is 15.7. The fourth-order valence-electron chi connectivity index (χ4n) is 10.7. The average molecular weight is 1700 g/mol. The van der Waals surface area contributed by atoms with E-state index in [1.807, 2.05) is 252 Å². The molecule has 102 heavy (non-hydrogen) atoms. The van der Waals surface area contributed by atoms with Crippen molar-refractivity contribution in [1.29, 1.82) is 0 Å². The number of nitrogens with zero attached hydrogens (tertiary/aromatic N) is 6. The van der Waals surface area contributed by atoms with E-state index in [4.69, 9.17) is 19.0 Å². The van der Waals surface area contributed by atoms with Crippen LogP contribution < -0.4 is 0 Å². The summed E-state index contributed by atoms with van der Waals surface area (Å²) in [5, 5.41) is 18.5. The van der Waals surface area contributed by atoms with Crippen molar-refractivity contribution in [3.63, 3.8) is 0 Å². The van der Waals surface area contributed by atoms with Crippen LogP contribution in [-0.2, 0) is 40.2 Å². The molecule has 0 aliphatic carbocycles. The molecule has 8 aromatic carbocycles. The minimum absolute atomic E-state index is 0. The van der Waals surface area contributed by atoms with E-state index in [1.165, 1.54) is 11.1 Å². The number of pyridine rings is 6. The van der Waals surface area contributed by atoms with Crippen molar-refractivity contribution < 1.29 is 59.3 Å². The number of aliphatic hydroxyl groups is 2. The Hall–Kier alpha value is -10.5. The largest absolute Gasteiger partial charge is 3.00 e. The molecule has 0 saturated heterocycles. The average Bonchev–Trinajstić information content (AvgIpc) is 1.62. The number of aliphatic hydroxyl groups excluding tert-OH is 2. The Balaban J connectivity index is 0.000000172. The van der Waals surface area contributed by atoms with Crippen LogP contribution in [0.25, 0.3) is 111 Å². The second kappa shape index (κ2) is 40.7. The predicted octanol–water partition coefficient (Wildman–Crippen LogP) is 22.0. The molecular weight excluding hydrogens is 1610 g/mol. The monoisotopic (exact) mass is 1700 g/mol. The molecule has 12 heteroatoms. The maximum Gasteiger partial charge on any atom is 3.00 e. The van der Waals surface area contributed by atoms with Crippen LogP contribution in [0.5, 0.6) is 0 Å². The van der Waals surface area contributed by atoms with Gasteiger partial charge in [0.05, 0.1) is 11.3 Å². The zero-order valence-corrected chi connectivity index (χ0v) is 63.6. The summed E-state index contributed by atoms with van der Waals surface area (Å²) < 4.78 is 12.2. The molecule has 0 saturated carbocycles. The first-order valence-electron chi connectivity index (χ1n) is 33.1. The van der Waals surface area contributed by atoms with E-state index in [2.05, 4.69) is 149 Å². The van der Waals surface area contributed by atoms with E-state index in [0.29, 0.717) is 11.8 Å². The van der Waals surface area contributed by atoms with Crippen LogP contribution in [0.15, 0.2) is 294 Å². The predicted molar refractivity (Wildman–Crippen MR) is 410 cm³/mol. The molecular formula is C90H81Ir2N6O4+. The number of benzene rings is 8. The van der Waals surface area contributed by atoms with Gasteiger partial charge in [0.1, 0.15) is 16.7 Å². The second-order valence-electron chi connectivity index (χ2n) is 23.5. The molecule has 2 N–H and O–H groups in total. The van der Waals surface area contributed by atoms with Crippen molar-refractivity contribution in [3.05, 3.63) is 350 Å². The molecule has 0 spiro atoms. The summed E-state index contributed by atoms with van der Waals surface area (Å²) in [4.78, 5) is 26.7. The van der Waals surface area contributed by atoms with Crippen molar-refractivity contribution in [1.82, 2.24) is 29.9 Å². The minimum Gasteiger partial charge on any atom is -0.501 e. The summed E-state index contributed by atoms with van der Waals surface area (Å²) in [5.41, 5.74) is 22.3. The Morgan fingerprint density at radius 2 is 0.637 bits per heavy atom. The van der Waals surface area contributed by atoms with Gasteiger partial charge in [-0.2, -0.15) is 0 Å². The summed E-state index contributed by atoms with van der Waals surface area (Å²) >= 11 is 0. The van der Waals surface area contributed by atoms with Crippen molar-refractivity contribution >= 4 is 43.9 Å². The van der Waals surface area contributed by atoms with Gasteiger partial charge in [0.15, 0.2) is 0 Å². The van der Waals surface area contributed by atoms with Crippen LogP contribution in [0.3, 0.4) is 0 Å². The standard InChI is InChI=1S/C20H17NO.C20H16NO.4C12H10N.2CH4O.2Ir/c2*1-13(2)14-10-11-21-18(12-14)17-8-5-7-16-15-6-3-4-9-19(15)22-20(16)17;4*1-10-6-5-9-12(13-10)11-7-3-2-4-8-11;2*1-2;;/h3-13H,1-2H3;3-7,9-13H,1-2H3;4*2-7,9H,1H3;2*2H,1H3;;/q;5*-1;;;2*+3. The van der Waals surface area contributed by atoms with Gasteiger partial charge in [-0.25, -0.2) is 0 Å². The molecule has 0 atom stereocenters. The number of hydrogen-bond acceptors (Lipinski definition) is 10. The maximum atomic E-state index is 7.00. The van der Waals surface area contributed by atoms with E-state index in [-0.39, 0.29) is 40.2 Å². The molecule has 0 amide bonds. The van der Waals surface area contributed by atoms with Gasteiger partial charge in [0.25, 0.3) is 0 Å². The summed E-state index contributed by atoms with van der Waals surface area (Å²) in [7, 11) is 2.00. The summed E-state index contributed by atoms with van der Waals surface area (Å²) in [6, 6.07) is 106. The minimum atomic E-state index is 0. The number of para-hydroxylation sites is 3. The Labute approximate surface area is 627 Å². The Kier molecular flexibility index (Phi) is 31.4. The number of fused-ring (bicyclic) bond motifs is 6. The number of hydrogen-bond donors (Lipinski definition) is 2. The van der Waals surface area contributed by atoms with E-state index >= 15 is 0 Å². The molecule has 16 aromatic rings. The molecule has 512 valence electrons. The third-order valence-corrected chi connectivity index (χ3v) is 15.7. The number of aryl methyl sites for hydroxylation is 4. The molecule has 8 aromatic heterocycles. The van der Waals surface area contributed by atoms with Gasteiger partial charge in [0, 0.05) is 71.1 Å². The van der Waals surface area contributed by atoms with Gasteiger partial charge < -0.3 is 44.0 Å². The topological polar surface area (TPSA) is 144 Å². The molecule has 0 radical (unpaired) electrons. The fourth-order valence-corrected chi connectivity index (χ4v) is 10.7. The smallest absolute Gasteiger partial charge is 0.501 e. The first kappa shape index (κ1) is 78.8. The normalized spacial score (nSPS) is 10.2. The van der Waals surface area contributed by atoms with Gasteiger partial charge in [-0.1, -0.05) is 147 Å². The van der Waals surface area contributed by atoms with Crippen LogP contribution in [-0.4, -0.2) is 54.3 Å². The third kappa shape index (κ3) is 21.7. The van der Waals surface area contributed by atoms with Crippen molar-refractivity contribution in [3.8, 4) is 67.5 Å². The zero-order chi connectivity index (χ0) is 70.6. The number of aromatic nitrogens is 6. The Morgan fingerprint density at radius 3 is 1.01 bits per heavy atom. The molecule has 8 heterocycles. The number of rotatable bonds is 8. The first-order valence-corrected chi connectivity index (χ1v) is 33.1. The zero-order valence-electron chi connectivity index (χ0n) is 58.9. The van der Waals surface area contributed by atoms with E-state index in [9.17, 15) is 0 Å². The van der Waals surface area contributed by atoms with Crippen LogP contribution >= 0.6 is 0 Å². The molecule has 0 bridgehead atoms. The summed E-state index contributed by atoms with van der Waals surface area (Å²) in [6.45, 7) is 16.7. The summed E-state index contributed by atoms with van der Waals surface area (Å²) in [6.07, 6.45) is 3.74. The van der Waals surface area contributed by atoms with E-state index in [0.717, 1.165) is 148 Å². The van der Waals surface area contributed by atoms with Gasteiger partial charge in [-0.05, 0) is 134 Å². The quantitative estimate of drug-likeness (QED) is 0.141. The van der Waals surface area contributed by atoms with Gasteiger partial charge in [-0.15, -0.1) is 162 Å². The Bertz CT molecular complexity index is 4660. The van der Waals surface area contributed by atoms with Crippen molar-refractivity contribution in [2.75, 3.05) is 14.2 Å².